The van der Waals surface area contributed by atoms with E-state index < -0.39 is 6.10 Å². The first-order valence-corrected chi connectivity index (χ1v) is 7.29. The van der Waals surface area contributed by atoms with E-state index in [4.69, 9.17) is 10.00 Å². The van der Waals surface area contributed by atoms with Crippen LogP contribution in [0.5, 0.6) is 5.75 Å². The largest absolute Gasteiger partial charge is 0.474 e. The van der Waals surface area contributed by atoms with Gasteiger partial charge in [0, 0.05) is 11.6 Å². The standard InChI is InChI=1S/C18H16N2O2/c19-12-14-8-4-5-9-16(14)22-17(13-6-2-1-3-7-13)18(21)20-15-10-11-15/h1-9,15,17H,10-11H2,(H,20,21). The van der Waals surface area contributed by atoms with Crippen molar-refractivity contribution in [3.05, 3.63) is 65.7 Å². The zero-order valence-electron chi connectivity index (χ0n) is 12.0. The van der Waals surface area contributed by atoms with E-state index in [1.165, 1.54) is 0 Å². The number of rotatable bonds is 5. The molecule has 22 heavy (non-hydrogen) atoms. The van der Waals surface area contributed by atoms with Gasteiger partial charge in [-0.1, -0.05) is 42.5 Å². The summed E-state index contributed by atoms with van der Waals surface area (Å²) < 4.78 is 5.88. The van der Waals surface area contributed by atoms with Gasteiger partial charge in [-0.05, 0) is 25.0 Å². The fourth-order valence-electron chi connectivity index (χ4n) is 2.19. The lowest BCUT2D eigenvalue weighted by Gasteiger charge is -2.19. The van der Waals surface area contributed by atoms with Gasteiger partial charge >= 0.3 is 0 Å². The monoisotopic (exact) mass is 292 g/mol. The molecule has 1 aliphatic rings. The molecule has 2 aromatic rings. The lowest BCUT2D eigenvalue weighted by atomic mass is 10.1. The Morgan fingerprint density at radius 3 is 2.50 bits per heavy atom. The summed E-state index contributed by atoms with van der Waals surface area (Å²) in [4.78, 5) is 12.5. The average Bonchev–Trinajstić information content (AvgIpc) is 3.37. The predicted octanol–water partition coefficient (Wildman–Crippen LogP) is 2.96. The molecule has 1 saturated carbocycles. The van der Waals surface area contributed by atoms with Crippen LogP contribution in [-0.2, 0) is 4.79 Å². The van der Waals surface area contributed by atoms with Crippen LogP contribution < -0.4 is 10.1 Å². The van der Waals surface area contributed by atoms with Gasteiger partial charge in [-0.25, -0.2) is 0 Å². The molecular formula is C18H16N2O2. The van der Waals surface area contributed by atoms with Crippen LogP contribution in [0.25, 0.3) is 0 Å². The summed E-state index contributed by atoms with van der Waals surface area (Å²) in [6.45, 7) is 0. The number of nitriles is 1. The van der Waals surface area contributed by atoms with Crippen molar-refractivity contribution in [1.82, 2.24) is 5.32 Å². The van der Waals surface area contributed by atoms with Gasteiger partial charge in [-0.2, -0.15) is 5.26 Å². The first kappa shape index (κ1) is 14.2. The maximum Gasteiger partial charge on any atom is 0.266 e. The fraction of sp³-hybridized carbons (Fsp3) is 0.222. The topological polar surface area (TPSA) is 62.1 Å². The number of nitrogens with one attached hydrogen (secondary N) is 1. The number of carbonyl (C=O) groups excluding carboxylic acids is 1. The molecule has 1 unspecified atom stereocenters. The summed E-state index contributed by atoms with van der Waals surface area (Å²) in [7, 11) is 0. The Labute approximate surface area is 129 Å². The number of hydrogen-bond acceptors (Lipinski definition) is 3. The number of nitrogens with zero attached hydrogens (tertiary/aromatic N) is 1. The normalized spacial score (nSPS) is 14.7. The first-order chi connectivity index (χ1) is 10.8. The highest BCUT2D eigenvalue weighted by atomic mass is 16.5. The van der Waals surface area contributed by atoms with Crippen LogP contribution in [0.1, 0.15) is 30.1 Å². The average molecular weight is 292 g/mol. The van der Waals surface area contributed by atoms with Crippen molar-refractivity contribution >= 4 is 5.91 Å². The van der Waals surface area contributed by atoms with Crippen LogP contribution in [-0.4, -0.2) is 11.9 Å². The smallest absolute Gasteiger partial charge is 0.266 e. The Morgan fingerprint density at radius 1 is 1.14 bits per heavy atom. The molecule has 4 heteroatoms. The number of ether oxygens (including phenoxy) is 1. The first-order valence-electron chi connectivity index (χ1n) is 7.29. The lowest BCUT2D eigenvalue weighted by Crippen LogP contribution is -2.34. The zero-order valence-corrected chi connectivity index (χ0v) is 12.0. The van der Waals surface area contributed by atoms with Crippen molar-refractivity contribution in [2.45, 2.75) is 25.0 Å². The minimum absolute atomic E-state index is 0.165. The molecule has 1 aliphatic carbocycles. The Kier molecular flexibility index (Phi) is 4.06. The predicted molar refractivity (Wildman–Crippen MR) is 82.1 cm³/mol. The molecule has 1 amide bonds. The Hall–Kier alpha value is -2.80. The van der Waals surface area contributed by atoms with Crippen LogP contribution in [0, 0.1) is 11.3 Å². The zero-order chi connectivity index (χ0) is 15.4. The molecular weight excluding hydrogens is 276 g/mol. The SMILES string of the molecule is N#Cc1ccccc1OC(C(=O)NC1CC1)c1ccccc1. The third-order valence-electron chi connectivity index (χ3n) is 3.52. The molecule has 0 spiro atoms. The van der Waals surface area contributed by atoms with E-state index in [1.54, 1.807) is 24.3 Å². The molecule has 2 aromatic carbocycles. The summed E-state index contributed by atoms with van der Waals surface area (Å²) in [6.07, 6.45) is 1.28. The molecule has 0 radical (unpaired) electrons. The molecule has 3 rings (SSSR count). The molecule has 0 bridgehead atoms. The minimum Gasteiger partial charge on any atom is -0.474 e. The number of para-hydroxylation sites is 1. The third-order valence-corrected chi connectivity index (χ3v) is 3.52. The van der Waals surface area contributed by atoms with Crippen molar-refractivity contribution in [2.75, 3.05) is 0 Å². The van der Waals surface area contributed by atoms with Gasteiger partial charge in [0.2, 0.25) is 6.10 Å². The fourth-order valence-corrected chi connectivity index (χ4v) is 2.19. The van der Waals surface area contributed by atoms with Crippen molar-refractivity contribution in [3.63, 3.8) is 0 Å². The van der Waals surface area contributed by atoms with E-state index in [9.17, 15) is 4.79 Å². The van der Waals surface area contributed by atoms with E-state index in [0.717, 1.165) is 18.4 Å². The van der Waals surface area contributed by atoms with E-state index >= 15 is 0 Å². The molecule has 110 valence electrons. The Bertz CT molecular complexity index is 703. The Balaban J connectivity index is 1.88. The number of carbonyl (C=O) groups is 1. The molecule has 4 nitrogen and oxygen atoms in total. The second-order valence-electron chi connectivity index (χ2n) is 5.30. The highest BCUT2D eigenvalue weighted by Crippen LogP contribution is 2.27. The van der Waals surface area contributed by atoms with Crippen molar-refractivity contribution in [1.29, 1.82) is 5.26 Å². The third kappa shape index (κ3) is 3.26. The highest BCUT2D eigenvalue weighted by molar-refractivity contribution is 5.83. The van der Waals surface area contributed by atoms with Gasteiger partial charge < -0.3 is 10.1 Å². The van der Waals surface area contributed by atoms with Gasteiger partial charge in [-0.15, -0.1) is 0 Å². The maximum absolute atomic E-state index is 12.5. The molecule has 0 saturated heterocycles. The van der Waals surface area contributed by atoms with E-state index in [-0.39, 0.29) is 11.9 Å². The Morgan fingerprint density at radius 2 is 1.82 bits per heavy atom. The second-order valence-corrected chi connectivity index (χ2v) is 5.30. The van der Waals surface area contributed by atoms with Crippen molar-refractivity contribution in [2.24, 2.45) is 0 Å². The number of hydrogen-bond donors (Lipinski definition) is 1. The van der Waals surface area contributed by atoms with Gasteiger partial charge in [0.1, 0.15) is 11.8 Å². The lowest BCUT2D eigenvalue weighted by molar-refractivity contribution is -0.128. The van der Waals surface area contributed by atoms with Crippen molar-refractivity contribution in [3.8, 4) is 11.8 Å². The summed E-state index contributed by atoms with van der Waals surface area (Å²) in [6, 6.07) is 18.6. The van der Waals surface area contributed by atoms with Crippen LogP contribution in [0.15, 0.2) is 54.6 Å². The molecule has 1 atom stereocenters. The maximum atomic E-state index is 12.5. The van der Waals surface area contributed by atoms with Gasteiger partial charge in [0.05, 0.1) is 5.56 Å². The van der Waals surface area contributed by atoms with Gasteiger partial charge in [0.25, 0.3) is 5.91 Å². The van der Waals surface area contributed by atoms with Crippen LogP contribution in [0.4, 0.5) is 0 Å². The van der Waals surface area contributed by atoms with E-state index in [1.807, 2.05) is 30.3 Å². The van der Waals surface area contributed by atoms with Crippen LogP contribution in [0.2, 0.25) is 0 Å². The summed E-state index contributed by atoms with van der Waals surface area (Å²) in [5.41, 5.74) is 1.19. The molecule has 0 aliphatic heterocycles. The molecule has 0 aromatic heterocycles. The van der Waals surface area contributed by atoms with Crippen molar-refractivity contribution < 1.29 is 9.53 Å². The van der Waals surface area contributed by atoms with Crippen LogP contribution >= 0.6 is 0 Å². The summed E-state index contributed by atoms with van der Waals surface area (Å²) in [5.74, 6) is 0.256. The van der Waals surface area contributed by atoms with E-state index in [2.05, 4.69) is 11.4 Å². The molecule has 1 N–H and O–H groups in total. The molecule has 0 heterocycles. The summed E-state index contributed by atoms with van der Waals surface area (Å²) in [5, 5.41) is 12.1. The minimum atomic E-state index is -0.753. The van der Waals surface area contributed by atoms with Crippen LogP contribution in [0.3, 0.4) is 0 Å². The van der Waals surface area contributed by atoms with E-state index in [0.29, 0.717) is 11.3 Å². The number of benzene rings is 2. The summed E-state index contributed by atoms with van der Waals surface area (Å²) >= 11 is 0. The quantitative estimate of drug-likeness (QED) is 0.921. The van der Waals surface area contributed by atoms with Gasteiger partial charge in [0.15, 0.2) is 0 Å². The highest BCUT2D eigenvalue weighted by Gasteiger charge is 2.30. The van der Waals surface area contributed by atoms with Gasteiger partial charge in [-0.3, -0.25) is 4.79 Å². The number of amides is 1. The molecule has 1 fully saturated rings. The second kappa shape index (κ2) is 6.31.